The number of benzene rings is 3. The average Bonchev–Trinajstić information content (AvgIpc) is 3.38. The normalized spacial score (nSPS) is 13.9. The Labute approximate surface area is 261 Å². The van der Waals surface area contributed by atoms with Gasteiger partial charge in [0.15, 0.2) is 0 Å². The van der Waals surface area contributed by atoms with Gasteiger partial charge in [0.2, 0.25) is 0 Å². The number of fused-ring (bicyclic) bond motifs is 3. The van der Waals surface area contributed by atoms with Crippen LogP contribution in [0.1, 0.15) is 54.8 Å². The van der Waals surface area contributed by atoms with Crippen LogP contribution in [0, 0.1) is 0 Å². The number of allylic oxidation sites excluding steroid dienone is 3. The van der Waals surface area contributed by atoms with Crippen LogP contribution in [0.3, 0.4) is 0 Å². The number of carbonyl (C=O) groups excluding carboxylic acids is 2. The van der Waals surface area contributed by atoms with E-state index in [2.05, 4.69) is 35.9 Å². The van der Waals surface area contributed by atoms with Gasteiger partial charge in [-0.1, -0.05) is 68.3 Å². The first-order valence-electron chi connectivity index (χ1n) is 15.4. The highest BCUT2D eigenvalue weighted by molar-refractivity contribution is 6.12. The minimum Gasteiger partial charge on any atom is -0.427 e. The lowest BCUT2D eigenvalue weighted by molar-refractivity contribution is -0.113. The summed E-state index contributed by atoms with van der Waals surface area (Å²) in [5, 5.41) is 5.12. The number of amides is 2. The molecule has 5 aromatic rings. The van der Waals surface area contributed by atoms with Gasteiger partial charge in [-0.15, -0.1) is 0 Å². The van der Waals surface area contributed by atoms with Crippen LogP contribution in [0.5, 0.6) is 0 Å². The van der Waals surface area contributed by atoms with Gasteiger partial charge in [-0.2, -0.15) is 0 Å². The number of anilines is 1. The molecule has 1 aliphatic heterocycles. The molecule has 6 rings (SSSR count). The first-order chi connectivity index (χ1) is 22.0. The van der Waals surface area contributed by atoms with Crippen molar-refractivity contribution >= 4 is 45.4 Å². The van der Waals surface area contributed by atoms with Gasteiger partial charge < -0.3 is 14.3 Å². The third-order valence-corrected chi connectivity index (χ3v) is 8.05. The van der Waals surface area contributed by atoms with E-state index in [1.54, 1.807) is 18.2 Å². The van der Waals surface area contributed by atoms with Crippen molar-refractivity contribution in [1.29, 1.82) is 0 Å². The molecule has 7 nitrogen and oxygen atoms in total. The molecule has 0 fully saturated rings. The number of aryl methyl sites for hydroxylation is 2. The van der Waals surface area contributed by atoms with Crippen LogP contribution < -0.4 is 10.9 Å². The Morgan fingerprint density at radius 1 is 0.867 bits per heavy atom. The van der Waals surface area contributed by atoms with E-state index in [0.717, 1.165) is 58.7 Å². The summed E-state index contributed by atoms with van der Waals surface area (Å²) < 4.78 is 7.73. The Bertz CT molecular complexity index is 2050. The minimum absolute atomic E-state index is 0.0900. The molecule has 0 saturated heterocycles. The largest absolute Gasteiger partial charge is 0.427 e. The molecule has 7 heteroatoms. The SMILES string of the molecule is CCCCCc1ccc(C(=O)N2C=C/C(=C/c3ccccc3)C=C2C(=O)Nc2ccc3c(c2)c2ccccc2n3CC)c(=O)o1. The first kappa shape index (κ1) is 29.6. The van der Waals surface area contributed by atoms with Gasteiger partial charge in [0, 0.05) is 46.7 Å². The van der Waals surface area contributed by atoms with E-state index < -0.39 is 17.4 Å². The minimum atomic E-state index is -0.717. The number of nitrogens with one attached hydrogen (secondary N) is 1. The molecule has 0 radical (unpaired) electrons. The number of para-hydroxylation sites is 1. The third-order valence-electron chi connectivity index (χ3n) is 8.05. The summed E-state index contributed by atoms with van der Waals surface area (Å²) in [4.78, 5) is 41.8. The highest BCUT2D eigenvalue weighted by Gasteiger charge is 2.28. The lowest BCUT2D eigenvalue weighted by atomic mass is 10.1. The Hall–Kier alpha value is -5.43. The molecule has 2 aromatic heterocycles. The van der Waals surface area contributed by atoms with Crippen LogP contribution in [-0.2, 0) is 17.8 Å². The molecule has 1 aliphatic rings. The van der Waals surface area contributed by atoms with Gasteiger partial charge >= 0.3 is 5.63 Å². The number of nitrogens with zero attached hydrogens (tertiary/aromatic N) is 2. The average molecular weight is 598 g/mol. The fraction of sp³-hybridized carbons (Fsp3) is 0.184. The Balaban J connectivity index is 1.34. The van der Waals surface area contributed by atoms with E-state index in [-0.39, 0.29) is 11.3 Å². The molecule has 2 amide bonds. The van der Waals surface area contributed by atoms with E-state index >= 15 is 0 Å². The van der Waals surface area contributed by atoms with Gasteiger partial charge in [0.1, 0.15) is 17.0 Å². The predicted octanol–water partition coefficient (Wildman–Crippen LogP) is 8.08. The fourth-order valence-electron chi connectivity index (χ4n) is 5.79. The van der Waals surface area contributed by atoms with Crippen LogP contribution in [0.15, 0.2) is 124 Å². The summed E-state index contributed by atoms with van der Waals surface area (Å²) in [6.45, 7) is 5.03. The third kappa shape index (κ3) is 6.15. The molecule has 0 aliphatic carbocycles. The highest BCUT2D eigenvalue weighted by Crippen LogP contribution is 2.31. The molecule has 0 atom stereocenters. The van der Waals surface area contributed by atoms with E-state index in [9.17, 15) is 14.4 Å². The second-order valence-corrected chi connectivity index (χ2v) is 11.1. The number of unbranched alkanes of at least 4 members (excludes halogenated alkanes) is 2. The van der Waals surface area contributed by atoms with Crippen LogP contribution in [0.2, 0.25) is 0 Å². The van der Waals surface area contributed by atoms with Crippen molar-refractivity contribution in [3.05, 3.63) is 142 Å². The summed E-state index contributed by atoms with van der Waals surface area (Å²) in [5.74, 6) is -0.576. The van der Waals surface area contributed by atoms with E-state index in [1.807, 2.05) is 66.7 Å². The smallest absolute Gasteiger partial charge is 0.348 e. The molecule has 1 N–H and O–H groups in total. The highest BCUT2D eigenvalue weighted by atomic mass is 16.4. The van der Waals surface area contributed by atoms with E-state index in [0.29, 0.717) is 17.9 Å². The second kappa shape index (κ2) is 13.1. The standard InChI is InChI=1S/C38H35N3O4/c1-3-5-7-14-29-18-19-31(38(44)45-29)37(43)41-22-21-27(23-26-12-8-6-9-13-26)24-35(41)36(42)39-28-17-20-34-32(25-28)30-15-10-11-16-33(30)40(34)4-2/h6,8-13,15-25H,3-5,7,14H2,1-2H3,(H,39,42)/b27-23-. The van der Waals surface area contributed by atoms with Crippen molar-refractivity contribution in [2.24, 2.45) is 0 Å². The first-order valence-corrected chi connectivity index (χ1v) is 15.4. The van der Waals surface area contributed by atoms with Crippen molar-refractivity contribution in [1.82, 2.24) is 9.47 Å². The van der Waals surface area contributed by atoms with Gasteiger partial charge in [-0.05, 0) is 79.1 Å². The molecular weight excluding hydrogens is 562 g/mol. The van der Waals surface area contributed by atoms with Crippen LogP contribution in [0.25, 0.3) is 27.9 Å². The lowest BCUT2D eigenvalue weighted by Crippen LogP contribution is -2.35. The number of hydrogen-bond acceptors (Lipinski definition) is 4. The zero-order valence-electron chi connectivity index (χ0n) is 25.5. The van der Waals surface area contributed by atoms with Gasteiger partial charge in [-0.3, -0.25) is 14.5 Å². The zero-order valence-corrected chi connectivity index (χ0v) is 25.5. The summed E-state index contributed by atoms with van der Waals surface area (Å²) in [7, 11) is 0. The lowest BCUT2D eigenvalue weighted by Gasteiger charge is -2.24. The second-order valence-electron chi connectivity index (χ2n) is 11.1. The monoisotopic (exact) mass is 597 g/mol. The number of rotatable bonds is 9. The molecule has 3 aromatic carbocycles. The van der Waals surface area contributed by atoms with Crippen LogP contribution in [0.4, 0.5) is 5.69 Å². The molecule has 226 valence electrons. The maximum absolute atomic E-state index is 13.9. The molecule has 3 heterocycles. The Morgan fingerprint density at radius 3 is 2.42 bits per heavy atom. The maximum atomic E-state index is 13.9. The quantitative estimate of drug-likeness (QED) is 0.174. The maximum Gasteiger partial charge on any atom is 0.348 e. The van der Waals surface area contributed by atoms with Gasteiger partial charge in [0.25, 0.3) is 11.8 Å². The van der Waals surface area contributed by atoms with Gasteiger partial charge in [-0.25, -0.2) is 4.79 Å². The summed E-state index contributed by atoms with van der Waals surface area (Å²) in [5.41, 5.74) is 3.71. The summed E-state index contributed by atoms with van der Waals surface area (Å²) >= 11 is 0. The topological polar surface area (TPSA) is 84.5 Å². The summed E-state index contributed by atoms with van der Waals surface area (Å²) in [6, 6.07) is 26.9. The van der Waals surface area contributed by atoms with E-state index in [1.165, 1.54) is 17.2 Å². The van der Waals surface area contributed by atoms with Crippen molar-refractivity contribution in [3.8, 4) is 0 Å². The number of carbonyl (C=O) groups is 2. The van der Waals surface area contributed by atoms with E-state index in [4.69, 9.17) is 4.42 Å². The Kier molecular flexibility index (Phi) is 8.60. The van der Waals surface area contributed by atoms with Crippen molar-refractivity contribution < 1.29 is 14.0 Å². The number of hydrogen-bond donors (Lipinski definition) is 1. The van der Waals surface area contributed by atoms with Crippen molar-refractivity contribution in [2.45, 2.75) is 46.1 Å². The molecular formula is C38H35N3O4. The van der Waals surface area contributed by atoms with Crippen LogP contribution in [-0.4, -0.2) is 21.3 Å². The number of aromatic nitrogens is 1. The van der Waals surface area contributed by atoms with Crippen molar-refractivity contribution in [3.63, 3.8) is 0 Å². The van der Waals surface area contributed by atoms with Gasteiger partial charge in [0.05, 0.1) is 0 Å². The predicted molar refractivity (Wildman–Crippen MR) is 180 cm³/mol. The molecule has 0 saturated carbocycles. The molecule has 45 heavy (non-hydrogen) atoms. The Morgan fingerprint density at radius 2 is 1.64 bits per heavy atom. The zero-order chi connectivity index (χ0) is 31.3. The van der Waals surface area contributed by atoms with Crippen molar-refractivity contribution in [2.75, 3.05) is 5.32 Å². The van der Waals surface area contributed by atoms with Crippen LogP contribution >= 0.6 is 0 Å². The molecule has 0 spiro atoms. The molecule has 0 unspecified atom stereocenters. The fourth-order valence-corrected chi connectivity index (χ4v) is 5.79. The molecule has 0 bridgehead atoms. The summed E-state index contributed by atoms with van der Waals surface area (Å²) in [6.07, 6.45) is 10.5.